The van der Waals surface area contributed by atoms with Crippen LogP contribution in [0.1, 0.15) is 22.7 Å². The first kappa shape index (κ1) is 16.3. The number of nitrogens with zero attached hydrogens (tertiary/aromatic N) is 3. The van der Waals surface area contributed by atoms with Gasteiger partial charge in [0.25, 0.3) is 5.56 Å². The fraction of sp³-hybridized carbons (Fsp3) is 0.211. The third-order valence-electron chi connectivity index (χ3n) is 4.52. The minimum atomic E-state index is -0.307. The number of hydrogen-bond donors (Lipinski definition) is 1. The van der Waals surface area contributed by atoms with Crippen LogP contribution >= 0.6 is 0 Å². The molecule has 0 unspecified atom stereocenters. The van der Waals surface area contributed by atoms with Gasteiger partial charge < -0.3 is 4.52 Å². The van der Waals surface area contributed by atoms with Crippen LogP contribution < -0.4 is 5.56 Å². The lowest BCUT2D eigenvalue weighted by Gasteiger charge is -2.03. The third kappa shape index (κ3) is 2.81. The molecule has 0 spiro atoms. The first-order valence-corrected chi connectivity index (χ1v) is 8.30. The molecule has 6 nitrogen and oxygen atoms in total. The van der Waals surface area contributed by atoms with E-state index in [4.69, 9.17) is 4.52 Å². The Bertz CT molecular complexity index is 1120. The van der Waals surface area contributed by atoms with Gasteiger partial charge in [0, 0.05) is 29.1 Å². The lowest BCUT2D eigenvalue weighted by molar-refractivity contribution is 0.392. The van der Waals surface area contributed by atoms with E-state index in [0.29, 0.717) is 24.2 Å². The van der Waals surface area contributed by atoms with E-state index in [0.717, 1.165) is 28.1 Å². The fourth-order valence-electron chi connectivity index (χ4n) is 3.11. The van der Waals surface area contributed by atoms with E-state index >= 15 is 0 Å². The highest BCUT2D eigenvalue weighted by Gasteiger charge is 2.13. The van der Waals surface area contributed by atoms with E-state index in [2.05, 4.69) is 15.2 Å². The van der Waals surface area contributed by atoms with Crippen LogP contribution in [0.15, 0.2) is 45.8 Å². The van der Waals surface area contributed by atoms with Gasteiger partial charge >= 0.3 is 0 Å². The number of aromatic amines is 1. The van der Waals surface area contributed by atoms with Gasteiger partial charge in [-0.05, 0) is 44.4 Å². The van der Waals surface area contributed by atoms with Crippen molar-refractivity contribution in [3.63, 3.8) is 0 Å². The Hall–Kier alpha value is -3.22. The van der Waals surface area contributed by atoms with Crippen molar-refractivity contribution in [2.45, 2.75) is 26.7 Å². The molecule has 0 radical (unpaired) electrons. The second-order valence-corrected chi connectivity index (χ2v) is 6.24. The van der Waals surface area contributed by atoms with Crippen LogP contribution in [0.5, 0.6) is 0 Å². The SMILES string of the molecule is Cc1noc(C)c1CCc1cc(=O)n2[nH]cc(-c3ccc(F)cc3)c2n1. The van der Waals surface area contributed by atoms with Crippen LogP contribution in [0.2, 0.25) is 0 Å². The highest BCUT2D eigenvalue weighted by Crippen LogP contribution is 2.23. The second kappa shape index (κ2) is 6.25. The molecule has 3 aromatic heterocycles. The van der Waals surface area contributed by atoms with Gasteiger partial charge in [0.1, 0.15) is 11.6 Å². The van der Waals surface area contributed by atoms with Crippen molar-refractivity contribution < 1.29 is 8.91 Å². The van der Waals surface area contributed by atoms with Gasteiger partial charge in [-0.25, -0.2) is 13.9 Å². The van der Waals surface area contributed by atoms with E-state index in [-0.39, 0.29) is 11.4 Å². The van der Waals surface area contributed by atoms with Gasteiger partial charge in [0.2, 0.25) is 0 Å². The maximum atomic E-state index is 13.2. The smallest absolute Gasteiger partial charge is 0.272 e. The topological polar surface area (TPSA) is 76.2 Å². The van der Waals surface area contributed by atoms with Gasteiger partial charge in [-0.1, -0.05) is 17.3 Å². The summed E-state index contributed by atoms with van der Waals surface area (Å²) in [5.74, 6) is 0.479. The highest BCUT2D eigenvalue weighted by molar-refractivity contribution is 5.76. The zero-order valence-electron chi connectivity index (χ0n) is 14.4. The predicted molar refractivity (Wildman–Crippen MR) is 94.6 cm³/mol. The lowest BCUT2D eigenvalue weighted by Crippen LogP contribution is -2.16. The molecule has 0 saturated carbocycles. The number of aryl methyl sites for hydroxylation is 3. The molecule has 7 heteroatoms. The number of nitrogens with one attached hydrogen (secondary N) is 1. The van der Waals surface area contributed by atoms with Crippen molar-refractivity contribution >= 4 is 5.65 Å². The molecule has 1 aromatic carbocycles. The molecule has 0 fully saturated rings. The normalized spacial score (nSPS) is 11.3. The average Bonchev–Trinajstić information content (AvgIpc) is 3.18. The number of halogens is 1. The molecule has 132 valence electrons. The maximum Gasteiger partial charge on any atom is 0.272 e. The Kier molecular flexibility index (Phi) is 3.91. The van der Waals surface area contributed by atoms with E-state index in [1.54, 1.807) is 18.3 Å². The number of H-pyrrole nitrogens is 1. The summed E-state index contributed by atoms with van der Waals surface area (Å²) in [5, 5.41) is 6.86. The summed E-state index contributed by atoms with van der Waals surface area (Å²) in [4.78, 5) is 17.0. The van der Waals surface area contributed by atoms with Gasteiger partial charge in [-0.2, -0.15) is 0 Å². The minimum Gasteiger partial charge on any atom is -0.361 e. The number of aromatic nitrogens is 4. The highest BCUT2D eigenvalue weighted by atomic mass is 19.1. The Morgan fingerprint density at radius 3 is 2.65 bits per heavy atom. The standard InChI is InChI=1S/C19H17FN4O2/c1-11-16(12(2)26-23-11)8-7-15-9-18(25)24-19(22-15)17(10-21-24)13-3-5-14(20)6-4-13/h3-6,9-10,21H,7-8H2,1-2H3. The van der Waals surface area contributed by atoms with Gasteiger partial charge in [-0.15, -0.1) is 0 Å². The monoisotopic (exact) mass is 352 g/mol. The molecule has 1 N–H and O–H groups in total. The number of benzene rings is 1. The van der Waals surface area contributed by atoms with Gasteiger partial charge in [0.05, 0.1) is 5.69 Å². The summed E-state index contributed by atoms with van der Waals surface area (Å²) in [6, 6.07) is 7.63. The van der Waals surface area contributed by atoms with Crippen molar-refractivity contribution in [3.8, 4) is 11.1 Å². The van der Waals surface area contributed by atoms with E-state index in [1.165, 1.54) is 22.7 Å². The molecule has 0 aliphatic carbocycles. The van der Waals surface area contributed by atoms with Crippen molar-refractivity contribution in [3.05, 3.63) is 75.4 Å². The zero-order valence-corrected chi connectivity index (χ0v) is 14.4. The number of rotatable bonds is 4. The van der Waals surface area contributed by atoms with Gasteiger partial charge in [0.15, 0.2) is 5.65 Å². The van der Waals surface area contributed by atoms with E-state index in [9.17, 15) is 9.18 Å². The molecule has 0 saturated heterocycles. The number of fused-ring (bicyclic) bond motifs is 1. The van der Waals surface area contributed by atoms with Crippen molar-refractivity contribution in [2.24, 2.45) is 0 Å². The lowest BCUT2D eigenvalue weighted by atomic mass is 10.1. The average molecular weight is 352 g/mol. The molecular weight excluding hydrogens is 335 g/mol. The first-order valence-electron chi connectivity index (χ1n) is 8.30. The molecule has 4 rings (SSSR count). The largest absolute Gasteiger partial charge is 0.361 e. The van der Waals surface area contributed by atoms with Crippen LogP contribution in [-0.4, -0.2) is 19.8 Å². The van der Waals surface area contributed by atoms with Crippen molar-refractivity contribution in [1.29, 1.82) is 0 Å². The van der Waals surface area contributed by atoms with Crippen LogP contribution in [0.25, 0.3) is 16.8 Å². The Balaban J connectivity index is 1.72. The minimum absolute atomic E-state index is 0.183. The van der Waals surface area contributed by atoms with Crippen LogP contribution in [0.3, 0.4) is 0 Å². The van der Waals surface area contributed by atoms with Crippen LogP contribution in [0, 0.1) is 19.7 Å². The summed E-state index contributed by atoms with van der Waals surface area (Å²) in [6.07, 6.45) is 3.00. The van der Waals surface area contributed by atoms with Crippen LogP contribution in [0.4, 0.5) is 4.39 Å². The molecule has 0 amide bonds. The second-order valence-electron chi connectivity index (χ2n) is 6.24. The third-order valence-corrected chi connectivity index (χ3v) is 4.52. The summed E-state index contributed by atoms with van der Waals surface area (Å²) < 4.78 is 19.7. The van der Waals surface area contributed by atoms with E-state index in [1.807, 2.05) is 13.8 Å². The zero-order chi connectivity index (χ0) is 18.3. The Labute approximate surface area is 148 Å². The fourth-order valence-corrected chi connectivity index (χ4v) is 3.11. The summed E-state index contributed by atoms with van der Waals surface area (Å²) in [5.41, 5.74) is 4.47. The molecule has 0 aliphatic heterocycles. The quantitative estimate of drug-likeness (QED) is 0.612. The molecule has 4 aromatic rings. The predicted octanol–water partition coefficient (Wildman–Crippen LogP) is 3.22. The Morgan fingerprint density at radius 2 is 1.96 bits per heavy atom. The molecule has 26 heavy (non-hydrogen) atoms. The van der Waals surface area contributed by atoms with E-state index < -0.39 is 0 Å². The van der Waals surface area contributed by atoms with Crippen molar-refractivity contribution in [1.82, 2.24) is 19.8 Å². The molecule has 0 aliphatic rings. The molecular formula is C19H17FN4O2. The summed E-state index contributed by atoms with van der Waals surface area (Å²) >= 11 is 0. The summed E-state index contributed by atoms with van der Waals surface area (Å²) in [7, 11) is 0. The Morgan fingerprint density at radius 1 is 1.19 bits per heavy atom. The molecule has 0 atom stereocenters. The van der Waals surface area contributed by atoms with Crippen molar-refractivity contribution in [2.75, 3.05) is 0 Å². The molecule has 0 bridgehead atoms. The summed E-state index contributed by atoms with van der Waals surface area (Å²) in [6.45, 7) is 3.77. The number of hydrogen-bond acceptors (Lipinski definition) is 4. The first-order chi connectivity index (χ1) is 12.5. The van der Waals surface area contributed by atoms with Crippen LogP contribution in [-0.2, 0) is 12.8 Å². The maximum absolute atomic E-state index is 13.2. The van der Waals surface area contributed by atoms with Gasteiger partial charge in [-0.3, -0.25) is 9.89 Å². The molecule has 3 heterocycles.